The summed E-state index contributed by atoms with van der Waals surface area (Å²) in [6, 6.07) is 0. The number of carbonyl (C=O) groups excluding carboxylic acids is 2. The van der Waals surface area contributed by atoms with Gasteiger partial charge in [0, 0.05) is 6.54 Å². The standard InChI is InChI=1S/C10H13NO4/c1-2-11-9(12)7-4-3-6(15-14)5-8(7)10(11)13/h3-4,6-8,14H,2,5H2,1H3/t6-,7?,8?/m0/s1. The van der Waals surface area contributed by atoms with Crippen LogP contribution >= 0.6 is 0 Å². The summed E-state index contributed by atoms with van der Waals surface area (Å²) in [5.41, 5.74) is 0. The fourth-order valence-corrected chi connectivity index (χ4v) is 2.24. The van der Waals surface area contributed by atoms with E-state index in [0.29, 0.717) is 13.0 Å². The van der Waals surface area contributed by atoms with Crippen LogP contribution in [0.25, 0.3) is 0 Å². The van der Waals surface area contributed by atoms with E-state index in [9.17, 15) is 9.59 Å². The number of nitrogens with zero attached hydrogens (tertiary/aromatic N) is 1. The van der Waals surface area contributed by atoms with Crippen molar-refractivity contribution >= 4 is 11.8 Å². The van der Waals surface area contributed by atoms with Gasteiger partial charge in [0.1, 0.15) is 6.10 Å². The van der Waals surface area contributed by atoms with Gasteiger partial charge in [0.05, 0.1) is 11.8 Å². The lowest BCUT2D eigenvalue weighted by Gasteiger charge is -2.20. The molecule has 0 aromatic carbocycles. The van der Waals surface area contributed by atoms with Gasteiger partial charge in [-0.1, -0.05) is 12.2 Å². The van der Waals surface area contributed by atoms with Gasteiger partial charge in [0.25, 0.3) is 0 Å². The van der Waals surface area contributed by atoms with Crippen LogP contribution in [0.4, 0.5) is 0 Å². The number of hydrogen-bond donors (Lipinski definition) is 1. The third-order valence-electron chi connectivity index (χ3n) is 3.04. The van der Waals surface area contributed by atoms with Crippen LogP contribution in [0.1, 0.15) is 13.3 Å². The van der Waals surface area contributed by atoms with Gasteiger partial charge >= 0.3 is 0 Å². The molecule has 0 aromatic rings. The number of likely N-dealkylation sites (tertiary alicyclic amines) is 1. The number of rotatable bonds is 2. The number of amides is 2. The molecule has 0 bridgehead atoms. The van der Waals surface area contributed by atoms with Crippen molar-refractivity contribution in [1.82, 2.24) is 4.90 Å². The first-order valence-electron chi connectivity index (χ1n) is 5.02. The Morgan fingerprint density at radius 2 is 2.20 bits per heavy atom. The van der Waals surface area contributed by atoms with E-state index in [-0.39, 0.29) is 23.7 Å². The minimum absolute atomic E-state index is 0.139. The maximum atomic E-state index is 11.8. The van der Waals surface area contributed by atoms with Crippen molar-refractivity contribution in [3.63, 3.8) is 0 Å². The van der Waals surface area contributed by atoms with Gasteiger partial charge in [-0.05, 0) is 13.3 Å². The highest BCUT2D eigenvalue weighted by Gasteiger charge is 2.47. The molecule has 2 amide bonds. The highest BCUT2D eigenvalue weighted by molar-refractivity contribution is 6.06. The average Bonchev–Trinajstić information content (AvgIpc) is 2.51. The molecular weight excluding hydrogens is 198 g/mol. The molecule has 5 nitrogen and oxygen atoms in total. The van der Waals surface area contributed by atoms with E-state index < -0.39 is 6.10 Å². The minimum atomic E-state index is -0.472. The molecule has 0 saturated carbocycles. The van der Waals surface area contributed by atoms with Gasteiger partial charge in [-0.15, -0.1) is 0 Å². The zero-order valence-electron chi connectivity index (χ0n) is 8.42. The molecule has 1 saturated heterocycles. The molecule has 0 aromatic heterocycles. The van der Waals surface area contributed by atoms with Gasteiger partial charge in [0.2, 0.25) is 11.8 Å². The molecule has 1 fully saturated rings. The van der Waals surface area contributed by atoms with Crippen LogP contribution in [0, 0.1) is 11.8 Å². The topological polar surface area (TPSA) is 66.8 Å². The van der Waals surface area contributed by atoms with Crippen LogP contribution in [0.15, 0.2) is 12.2 Å². The number of carbonyl (C=O) groups is 2. The first kappa shape index (κ1) is 10.3. The van der Waals surface area contributed by atoms with Crippen molar-refractivity contribution in [3.05, 3.63) is 12.2 Å². The smallest absolute Gasteiger partial charge is 0.236 e. The highest BCUT2D eigenvalue weighted by atomic mass is 17.1. The van der Waals surface area contributed by atoms with Crippen LogP contribution in [0.3, 0.4) is 0 Å². The van der Waals surface area contributed by atoms with E-state index in [2.05, 4.69) is 4.89 Å². The molecule has 15 heavy (non-hydrogen) atoms. The van der Waals surface area contributed by atoms with Crippen molar-refractivity contribution in [2.45, 2.75) is 19.4 Å². The molecule has 2 aliphatic rings. The summed E-state index contributed by atoms with van der Waals surface area (Å²) < 4.78 is 0. The summed E-state index contributed by atoms with van der Waals surface area (Å²) in [7, 11) is 0. The van der Waals surface area contributed by atoms with Crippen LogP contribution in [0.2, 0.25) is 0 Å². The molecule has 1 N–H and O–H groups in total. The summed E-state index contributed by atoms with van der Waals surface area (Å²) in [5, 5.41) is 8.53. The van der Waals surface area contributed by atoms with Crippen molar-refractivity contribution in [1.29, 1.82) is 0 Å². The van der Waals surface area contributed by atoms with E-state index in [4.69, 9.17) is 5.26 Å². The average molecular weight is 211 g/mol. The molecule has 0 spiro atoms. The van der Waals surface area contributed by atoms with Crippen molar-refractivity contribution in [2.75, 3.05) is 6.54 Å². The second-order valence-electron chi connectivity index (χ2n) is 3.82. The fraction of sp³-hybridized carbons (Fsp3) is 0.600. The molecule has 2 unspecified atom stereocenters. The van der Waals surface area contributed by atoms with Crippen molar-refractivity contribution in [2.24, 2.45) is 11.8 Å². The predicted octanol–water partition coefficient (Wildman–Crippen LogP) is 0.426. The fourth-order valence-electron chi connectivity index (χ4n) is 2.24. The summed E-state index contributed by atoms with van der Waals surface area (Å²) in [6.45, 7) is 2.18. The Hall–Kier alpha value is -1.20. The van der Waals surface area contributed by atoms with Crippen molar-refractivity contribution in [3.8, 4) is 0 Å². The molecule has 82 valence electrons. The van der Waals surface area contributed by atoms with Gasteiger partial charge < -0.3 is 0 Å². The van der Waals surface area contributed by atoms with Crippen molar-refractivity contribution < 1.29 is 19.7 Å². The Morgan fingerprint density at radius 3 is 2.80 bits per heavy atom. The quantitative estimate of drug-likeness (QED) is 0.311. The van der Waals surface area contributed by atoms with Gasteiger partial charge in [-0.25, -0.2) is 4.89 Å². The van der Waals surface area contributed by atoms with E-state index in [0.717, 1.165) is 0 Å². The normalized spacial score (nSPS) is 34.8. The lowest BCUT2D eigenvalue weighted by Crippen LogP contribution is -2.31. The molecule has 2 rings (SSSR count). The van der Waals surface area contributed by atoms with E-state index >= 15 is 0 Å². The first-order valence-corrected chi connectivity index (χ1v) is 5.02. The van der Waals surface area contributed by atoms with Gasteiger partial charge in [-0.2, -0.15) is 0 Å². The third-order valence-corrected chi connectivity index (χ3v) is 3.04. The lowest BCUT2D eigenvalue weighted by molar-refractivity contribution is -0.269. The summed E-state index contributed by atoms with van der Waals surface area (Å²) in [6.07, 6.45) is 3.19. The van der Waals surface area contributed by atoms with E-state index in [1.807, 2.05) is 0 Å². The Morgan fingerprint density at radius 1 is 1.47 bits per heavy atom. The van der Waals surface area contributed by atoms with Crippen LogP contribution in [-0.2, 0) is 14.5 Å². The zero-order chi connectivity index (χ0) is 11.0. The summed E-state index contributed by atoms with van der Waals surface area (Å²) in [5.74, 6) is -1.01. The maximum absolute atomic E-state index is 11.8. The minimum Gasteiger partial charge on any atom is -0.282 e. The maximum Gasteiger partial charge on any atom is 0.236 e. The SMILES string of the molecule is CCN1C(=O)C2C=C[C@H](OO)CC2C1=O. The third kappa shape index (κ3) is 1.48. The molecule has 1 heterocycles. The number of imide groups is 1. The second-order valence-corrected chi connectivity index (χ2v) is 3.82. The molecule has 5 heteroatoms. The monoisotopic (exact) mass is 211 g/mol. The Bertz CT molecular complexity index is 325. The van der Waals surface area contributed by atoms with Gasteiger partial charge in [-0.3, -0.25) is 19.7 Å². The first-order chi connectivity index (χ1) is 7.19. The second kappa shape index (κ2) is 3.75. The van der Waals surface area contributed by atoms with Crippen LogP contribution in [-0.4, -0.2) is 34.6 Å². The lowest BCUT2D eigenvalue weighted by atomic mass is 9.85. The molecular formula is C10H13NO4. The number of fused-ring (bicyclic) bond motifs is 1. The Balaban J connectivity index is 2.24. The predicted molar refractivity (Wildman–Crippen MR) is 50.6 cm³/mol. The van der Waals surface area contributed by atoms with Gasteiger partial charge in [0.15, 0.2) is 0 Å². The Kier molecular flexibility index (Phi) is 2.58. The largest absolute Gasteiger partial charge is 0.282 e. The van der Waals surface area contributed by atoms with E-state index in [1.54, 1.807) is 19.1 Å². The highest BCUT2D eigenvalue weighted by Crippen LogP contribution is 2.34. The van der Waals surface area contributed by atoms with Crippen LogP contribution < -0.4 is 0 Å². The van der Waals surface area contributed by atoms with E-state index in [1.165, 1.54) is 4.90 Å². The molecule has 0 radical (unpaired) electrons. The molecule has 1 aliphatic heterocycles. The Labute approximate surface area is 87.2 Å². The molecule has 1 aliphatic carbocycles. The van der Waals surface area contributed by atoms with Crippen LogP contribution in [0.5, 0.6) is 0 Å². The summed E-state index contributed by atoms with van der Waals surface area (Å²) >= 11 is 0. The zero-order valence-corrected chi connectivity index (χ0v) is 8.42. The molecule has 3 atom stereocenters. The summed E-state index contributed by atoms with van der Waals surface area (Å²) in [4.78, 5) is 28.9. The number of hydrogen-bond acceptors (Lipinski definition) is 4.